The highest BCUT2D eigenvalue weighted by Gasteiger charge is 2.20. The molecule has 0 rings (SSSR count). The summed E-state index contributed by atoms with van der Waals surface area (Å²) < 4.78 is 32.4. The van der Waals surface area contributed by atoms with Crippen molar-refractivity contribution in [3.8, 4) is 0 Å². The van der Waals surface area contributed by atoms with Crippen molar-refractivity contribution in [1.82, 2.24) is 20.5 Å². The molecule has 0 aromatic carbocycles. The molecule has 0 aliphatic carbocycles. The van der Waals surface area contributed by atoms with Crippen molar-refractivity contribution in [3.63, 3.8) is 0 Å². The van der Waals surface area contributed by atoms with Gasteiger partial charge in [-0.3, -0.25) is 0 Å². The maximum Gasteiger partial charge on any atom is 0.423 e. The molecule has 11 heteroatoms. The Kier molecular flexibility index (Phi) is 6.39. The molecule has 4 N–H and O–H groups in total. The molecule has 21 heavy (non-hydrogen) atoms. The molecule has 0 saturated heterocycles. The minimum atomic E-state index is -4.21. The molecule has 0 fully saturated rings. The van der Waals surface area contributed by atoms with Gasteiger partial charge in [-0.2, -0.15) is 8.42 Å². The second kappa shape index (κ2) is 6.91. The first-order valence-corrected chi connectivity index (χ1v) is 7.45. The summed E-state index contributed by atoms with van der Waals surface area (Å²) >= 11 is 0. The van der Waals surface area contributed by atoms with Gasteiger partial charge in [0.05, 0.1) is 0 Å². The van der Waals surface area contributed by atoms with Crippen molar-refractivity contribution in [3.05, 3.63) is 0 Å². The predicted octanol–water partition coefficient (Wildman–Crippen LogP) is 0.290. The number of amides is 2. The van der Waals surface area contributed by atoms with Gasteiger partial charge >= 0.3 is 22.4 Å². The van der Waals surface area contributed by atoms with Crippen LogP contribution in [0.5, 0.6) is 0 Å². The van der Waals surface area contributed by atoms with Gasteiger partial charge in [-0.05, 0) is 41.5 Å². The van der Waals surface area contributed by atoms with E-state index in [0.29, 0.717) is 0 Å². The minimum absolute atomic E-state index is 0.780. The van der Waals surface area contributed by atoms with Crippen LogP contribution in [-0.4, -0.2) is 31.8 Å². The number of rotatable bonds is 4. The number of hydrogen-bond acceptors (Lipinski definition) is 6. The Morgan fingerprint density at radius 3 is 1.29 bits per heavy atom. The third-order valence-corrected chi connectivity index (χ3v) is 2.11. The van der Waals surface area contributed by atoms with E-state index in [1.54, 1.807) is 62.1 Å². The fourth-order valence-corrected chi connectivity index (χ4v) is 1.34. The summed E-state index contributed by atoms with van der Waals surface area (Å²) in [5, 5.41) is 0. The third kappa shape index (κ3) is 11.9. The van der Waals surface area contributed by atoms with Crippen LogP contribution in [0, 0.1) is 0 Å². The summed E-state index contributed by atoms with van der Waals surface area (Å²) in [6.07, 6.45) is -1.99. The standard InChI is InChI=1S/C10H22N4O6S/c1-9(2,3)19-7(15)11-13-21(17,18)14-12-8(16)20-10(4,5)6/h13-14H,1-6H3,(H,11,15)(H,12,16). The highest BCUT2D eigenvalue weighted by Crippen LogP contribution is 2.06. The third-order valence-electron chi connectivity index (χ3n) is 1.37. The van der Waals surface area contributed by atoms with E-state index < -0.39 is 33.6 Å². The van der Waals surface area contributed by atoms with Crippen LogP contribution < -0.4 is 20.5 Å². The zero-order chi connectivity index (χ0) is 16.9. The second-order valence-corrected chi connectivity index (χ2v) is 7.38. The summed E-state index contributed by atoms with van der Waals surface area (Å²) in [5.41, 5.74) is 2.04. The number of nitrogens with one attached hydrogen (secondary N) is 4. The predicted molar refractivity (Wildman–Crippen MR) is 73.9 cm³/mol. The van der Waals surface area contributed by atoms with Crippen LogP contribution in [-0.2, 0) is 19.7 Å². The van der Waals surface area contributed by atoms with Gasteiger partial charge in [0.15, 0.2) is 0 Å². The van der Waals surface area contributed by atoms with Gasteiger partial charge in [0.1, 0.15) is 11.2 Å². The van der Waals surface area contributed by atoms with Crippen molar-refractivity contribution < 1.29 is 27.5 Å². The van der Waals surface area contributed by atoms with E-state index in [4.69, 9.17) is 9.47 Å². The topological polar surface area (TPSA) is 135 Å². The molecule has 0 radical (unpaired) electrons. The van der Waals surface area contributed by atoms with Gasteiger partial charge in [0.2, 0.25) is 0 Å². The molecule has 2 amide bonds. The van der Waals surface area contributed by atoms with Gasteiger partial charge in [-0.25, -0.2) is 20.4 Å². The molecule has 10 nitrogen and oxygen atoms in total. The second-order valence-electron chi connectivity index (χ2n) is 5.96. The molecule has 0 aliphatic rings. The molecule has 0 aromatic heterocycles. The Bertz CT molecular complexity index is 439. The van der Waals surface area contributed by atoms with Crippen LogP contribution in [0.3, 0.4) is 0 Å². The first-order valence-electron chi connectivity index (χ1n) is 5.97. The number of carbonyl (C=O) groups is 2. The van der Waals surface area contributed by atoms with Crippen LogP contribution in [0.2, 0.25) is 0 Å². The van der Waals surface area contributed by atoms with Gasteiger partial charge in [-0.1, -0.05) is 0 Å². The Hall–Kier alpha value is -1.59. The highest BCUT2D eigenvalue weighted by atomic mass is 32.2. The average molecular weight is 326 g/mol. The molecular weight excluding hydrogens is 304 g/mol. The molecule has 0 bridgehead atoms. The van der Waals surface area contributed by atoms with E-state index in [2.05, 4.69) is 0 Å². The minimum Gasteiger partial charge on any atom is -0.443 e. The SMILES string of the molecule is CC(C)(C)OC(=O)NNS(=O)(=O)NNC(=O)OC(C)(C)C. The maximum atomic E-state index is 11.4. The molecule has 0 spiro atoms. The van der Waals surface area contributed by atoms with Crippen molar-refractivity contribution in [2.75, 3.05) is 0 Å². The molecule has 0 heterocycles. The Morgan fingerprint density at radius 1 is 0.762 bits per heavy atom. The molecular formula is C10H22N4O6S. The summed E-state index contributed by atoms with van der Waals surface area (Å²) in [4.78, 5) is 25.8. The normalized spacial score (nSPS) is 12.5. The van der Waals surface area contributed by atoms with Gasteiger partial charge < -0.3 is 9.47 Å². The lowest BCUT2D eigenvalue weighted by Gasteiger charge is -2.20. The molecule has 0 aromatic rings. The average Bonchev–Trinajstić information content (AvgIpc) is 2.19. The maximum absolute atomic E-state index is 11.4. The van der Waals surface area contributed by atoms with E-state index >= 15 is 0 Å². The number of hydrogen-bond donors (Lipinski definition) is 4. The molecule has 0 saturated carbocycles. The zero-order valence-corrected chi connectivity index (χ0v) is 13.7. The van der Waals surface area contributed by atoms with Crippen LogP contribution in [0.15, 0.2) is 0 Å². The zero-order valence-electron chi connectivity index (χ0n) is 12.9. The van der Waals surface area contributed by atoms with Crippen LogP contribution in [0.1, 0.15) is 41.5 Å². The van der Waals surface area contributed by atoms with Crippen molar-refractivity contribution in [2.45, 2.75) is 52.7 Å². The highest BCUT2D eigenvalue weighted by molar-refractivity contribution is 7.87. The first-order chi connectivity index (χ1) is 9.20. The van der Waals surface area contributed by atoms with E-state index in [-0.39, 0.29) is 0 Å². The van der Waals surface area contributed by atoms with Crippen molar-refractivity contribution in [2.24, 2.45) is 0 Å². The molecule has 124 valence electrons. The van der Waals surface area contributed by atoms with E-state index in [1.165, 1.54) is 0 Å². The Balaban J connectivity index is 4.22. The van der Waals surface area contributed by atoms with E-state index in [1.807, 2.05) is 0 Å². The fraction of sp³-hybridized carbons (Fsp3) is 0.800. The number of hydrazine groups is 2. The van der Waals surface area contributed by atoms with Gasteiger partial charge in [0, 0.05) is 0 Å². The lowest BCUT2D eigenvalue weighted by molar-refractivity contribution is 0.0513. The summed E-state index contributed by atoms with van der Waals surface area (Å²) in [6, 6.07) is 0. The van der Waals surface area contributed by atoms with Crippen molar-refractivity contribution >= 4 is 22.4 Å². The summed E-state index contributed by atoms with van der Waals surface area (Å²) in [5.74, 6) is 0. The quantitative estimate of drug-likeness (QED) is 0.548. The van der Waals surface area contributed by atoms with Crippen LogP contribution in [0.25, 0.3) is 0 Å². The van der Waals surface area contributed by atoms with Crippen LogP contribution >= 0.6 is 0 Å². The summed E-state index contributed by atoms with van der Waals surface area (Å²) in [6.45, 7) is 9.69. The number of carbonyl (C=O) groups excluding carboxylic acids is 2. The smallest absolute Gasteiger partial charge is 0.423 e. The number of ether oxygens (including phenoxy) is 2. The van der Waals surface area contributed by atoms with E-state index in [0.717, 1.165) is 0 Å². The van der Waals surface area contributed by atoms with Crippen molar-refractivity contribution in [1.29, 1.82) is 0 Å². The summed E-state index contributed by atoms with van der Waals surface area (Å²) in [7, 11) is -4.21. The first kappa shape index (κ1) is 19.4. The van der Waals surface area contributed by atoms with Gasteiger partial charge in [0.25, 0.3) is 0 Å². The van der Waals surface area contributed by atoms with Crippen LogP contribution in [0.4, 0.5) is 9.59 Å². The molecule has 0 aliphatic heterocycles. The lowest BCUT2D eigenvalue weighted by Crippen LogP contribution is -2.54. The molecule has 0 atom stereocenters. The monoisotopic (exact) mass is 326 g/mol. The van der Waals surface area contributed by atoms with E-state index in [9.17, 15) is 18.0 Å². The van der Waals surface area contributed by atoms with Gasteiger partial charge in [-0.15, -0.1) is 9.66 Å². The Morgan fingerprint density at radius 2 is 1.05 bits per heavy atom. The largest absolute Gasteiger partial charge is 0.443 e. The lowest BCUT2D eigenvalue weighted by atomic mass is 10.2. The Labute approximate surface area is 124 Å². The fourth-order valence-electron chi connectivity index (χ4n) is 0.850. The molecule has 0 unspecified atom stereocenters.